The quantitative estimate of drug-likeness (QED) is 0.629. The van der Waals surface area contributed by atoms with E-state index in [0.29, 0.717) is 0 Å². The largest absolute Gasteiger partial charge is 0.0609 e. The first-order valence-corrected chi connectivity index (χ1v) is 6.89. The van der Waals surface area contributed by atoms with Gasteiger partial charge in [0.05, 0.1) is 0 Å². The Labute approximate surface area is 117 Å². The first-order chi connectivity index (χ1) is 7.24. The van der Waals surface area contributed by atoms with E-state index >= 15 is 0 Å². The van der Waals surface area contributed by atoms with Crippen LogP contribution in [0.4, 0.5) is 0 Å². The third kappa shape index (κ3) is 3.45. The highest BCUT2D eigenvalue weighted by atomic mass is 127. The van der Waals surface area contributed by atoms with Crippen molar-refractivity contribution in [2.24, 2.45) is 0 Å². The predicted molar refractivity (Wildman–Crippen MR) is 81.1 cm³/mol. The Hall–Kier alpha value is -0.100. The molecule has 2 heteroatoms. The van der Waals surface area contributed by atoms with Crippen molar-refractivity contribution in [3.05, 3.63) is 66.8 Å². The van der Waals surface area contributed by atoms with Crippen molar-refractivity contribution in [2.75, 3.05) is 0 Å². The summed E-state index contributed by atoms with van der Waals surface area (Å²) < 4.78 is 2.60. The highest BCUT2D eigenvalue weighted by Gasteiger charge is 1.97. The molecule has 0 aliphatic carbocycles. The fourth-order valence-corrected chi connectivity index (χ4v) is 2.74. The molecule has 0 heterocycles. The van der Waals surface area contributed by atoms with E-state index in [4.69, 9.17) is 0 Å². The third-order valence-electron chi connectivity index (χ3n) is 2.19. The Kier molecular flexibility index (Phi) is 4.02. The van der Waals surface area contributed by atoms with E-state index in [0.717, 1.165) is 6.42 Å². The van der Waals surface area contributed by atoms with Gasteiger partial charge in [0.1, 0.15) is 0 Å². The number of hydrogen-bond donors (Lipinski definition) is 0. The van der Waals surface area contributed by atoms with Gasteiger partial charge in [-0.3, -0.25) is 0 Å². The molecular weight excluding hydrogens is 410 g/mol. The lowest BCUT2D eigenvalue weighted by Crippen LogP contribution is -1.88. The van der Waals surface area contributed by atoms with Gasteiger partial charge in [-0.25, -0.2) is 0 Å². The van der Waals surface area contributed by atoms with Gasteiger partial charge in [-0.15, -0.1) is 0 Å². The number of rotatable bonds is 2. The second-order valence-corrected chi connectivity index (χ2v) is 5.93. The maximum Gasteiger partial charge on any atom is 0.0133 e. The van der Waals surface area contributed by atoms with Crippen LogP contribution in [-0.2, 0) is 6.42 Å². The van der Waals surface area contributed by atoms with Gasteiger partial charge in [-0.2, -0.15) is 0 Å². The zero-order valence-corrected chi connectivity index (χ0v) is 12.4. The maximum atomic E-state index is 2.35. The Balaban J connectivity index is 2.22. The molecule has 15 heavy (non-hydrogen) atoms. The van der Waals surface area contributed by atoms with Crippen molar-refractivity contribution < 1.29 is 0 Å². The van der Waals surface area contributed by atoms with Crippen LogP contribution in [-0.4, -0.2) is 0 Å². The average Bonchev–Trinajstić information content (AvgIpc) is 2.17. The van der Waals surface area contributed by atoms with Gasteiger partial charge in [-0.05, 0) is 87.0 Å². The minimum Gasteiger partial charge on any atom is -0.0609 e. The molecule has 2 rings (SSSR count). The molecule has 0 aliphatic rings. The van der Waals surface area contributed by atoms with Crippen LogP contribution in [0, 0.1) is 7.14 Å². The molecule has 0 amide bonds. The first kappa shape index (κ1) is 11.4. The fraction of sp³-hybridized carbons (Fsp3) is 0.0769. The van der Waals surface area contributed by atoms with Crippen LogP contribution in [0.2, 0.25) is 0 Å². The van der Waals surface area contributed by atoms with E-state index in [2.05, 4.69) is 93.7 Å². The zero-order chi connectivity index (χ0) is 10.7. The summed E-state index contributed by atoms with van der Waals surface area (Å²) in [6.45, 7) is 0. The molecule has 0 aromatic heterocycles. The monoisotopic (exact) mass is 420 g/mol. The van der Waals surface area contributed by atoms with Crippen molar-refractivity contribution >= 4 is 45.2 Å². The van der Waals surface area contributed by atoms with Crippen molar-refractivity contribution in [2.45, 2.75) is 6.42 Å². The van der Waals surface area contributed by atoms with Crippen molar-refractivity contribution in [1.82, 2.24) is 0 Å². The molecule has 0 radical (unpaired) electrons. The molecule has 2 aromatic carbocycles. The predicted octanol–water partition coefficient (Wildman–Crippen LogP) is 4.49. The fourth-order valence-electron chi connectivity index (χ4n) is 1.53. The van der Waals surface area contributed by atoms with Crippen molar-refractivity contribution in [3.63, 3.8) is 0 Å². The molecule has 0 unspecified atom stereocenters. The van der Waals surface area contributed by atoms with Gasteiger partial charge < -0.3 is 0 Å². The van der Waals surface area contributed by atoms with E-state index in [1.54, 1.807) is 0 Å². The second-order valence-electron chi connectivity index (χ2n) is 3.44. The lowest BCUT2D eigenvalue weighted by molar-refractivity contribution is 1.18. The summed E-state index contributed by atoms with van der Waals surface area (Å²) in [5.41, 5.74) is 2.76. The molecule has 0 saturated heterocycles. The van der Waals surface area contributed by atoms with Gasteiger partial charge in [0.15, 0.2) is 0 Å². The molecule has 0 nitrogen and oxygen atoms in total. The lowest BCUT2D eigenvalue weighted by Gasteiger charge is -2.03. The van der Waals surface area contributed by atoms with Gasteiger partial charge in [0.25, 0.3) is 0 Å². The van der Waals surface area contributed by atoms with E-state index < -0.39 is 0 Å². The van der Waals surface area contributed by atoms with Crippen LogP contribution in [0.25, 0.3) is 0 Å². The first-order valence-electron chi connectivity index (χ1n) is 4.73. The normalized spacial score (nSPS) is 10.3. The zero-order valence-electron chi connectivity index (χ0n) is 8.08. The molecule has 0 atom stereocenters. The number of hydrogen-bond acceptors (Lipinski definition) is 0. The minimum atomic E-state index is 1.02. The van der Waals surface area contributed by atoms with Crippen molar-refractivity contribution in [3.8, 4) is 0 Å². The Morgan fingerprint density at radius 2 is 1.20 bits per heavy atom. The van der Waals surface area contributed by atoms with Crippen LogP contribution in [0.5, 0.6) is 0 Å². The molecule has 0 spiro atoms. The smallest absolute Gasteiger partial charge is 0.0133 e. The second kappa shape index (κ2) is 5.30. The minimum absolute atomic E-state index is 1.02. The van der Waals surface area contributed by atoms with E-state index in [1.165, 1.54) is 18.3 Å². The number of benzene rings is 2. The SMILES string of the molecule is Ic1cccc(Cc2cccc(I)c2)c1. The van der Waals surface area contributed by atoms with Gasteiger partial charge in [0, 0.05) is 7.14 Å². The summed E-state index contributed by atoms with van der Waals surface area (Å²) in [4.78, 5) is 0. The Morgan fingerprint density at radius 3 is 1.60 bits per heavy atom. The summed E-state index contributed by atoms with van der Waals surface area (Å²) >= 11 is 4.71. The van der Waals surface area contributed by atoms with E-state index in [-0.39, 0.29) is 0 Å². The van der Waals surface area contributed by atoms with Crippen molar-refractivity contribution in [1.29, 1.82) is 0 Å². The van der Waals surface area contributed by atoms with Crippen LogP contribution >= 0.6 is 45.2 Å². The Morgan fingerprint density at radius 1 is 0.733 bits per heavy atom. The van der Waals surface area contributed by atoms with Gasteiger partial charge in [0.2, 0.25) is 0 Å². The highest BCUT2D eigenvalue weighted by Crippen LogP contribution is 2.14. The van der Waals surface area contributed by atoms with Crippen LogP contribution < -0.4 is 0 Å². The molecular formula is C13H10I2. The van der Waals surface area contributed by atoms with E-state index in [1.807, 2.05) is 0 Å². The Bertz CT molecular complexity index is 420. The molecule has 0 bridgehead atoms. The summed E-state index contributed by atoms with van der Waals surface area (Å²) in [6.07, 6.45) is 1.02. The average molecular weight is 420 g/mol. The lowest BCUT2D eigenvalue weighted by atomic mass is 10.1. The molecule has 0 aliphatic heterocycles. The van der Waals surface area contributed by atoms with Crippen LogP contribution in [0.15, 0.2) is 48.5 Å². The van der Waals surface area contributed by atoms with Gasteiger partial charge >= 0.3 is 0 Å². The number of halogens is 2. The van der Waals surface area contributed by atoms with Gasteiger partial charge in [-0.1, -0.05) is 24.3 Å². The topological polar surface area (TPSA) is 0 Å². The van der Waals surface area contributed by atoms with Crippen LogP contribution in [0.3, 0.4) is 0 Å². The van der Waals surface area contributed by atoms with Crippen LogP contribution in [0.1, 0.15) is 11.1 Å². The maximum absolute atomic E-state index is 2.35. The molecule has 0 N–H and O–H groups in total. The molecule has 0 saturated carbocycles. The van der Waals surface area contributed by atoms with E-state index in [9.17, 15) is 0 Å². The summed E-state index contributed by atoms with van der Waals surface area (Å²) in [7, 11) is 0. The standard InChI is InChI=1S/C13H10I2/c14-12-5-1-3-10(8-12)7-11-4-2-6-13(15)9-11/h1-6,8-9H,7H2. The summed E-state index contributed by atoms with van der Waals surface area (Å²) in [5, 5.41) is 0. The highest BCUT2D eigenvalue weighted by molar-refractivity contribution is 14.1. The molecule has 0 fully saturated rings. The molecule has 2 aromatic rings. The summed E-state index contributed by atoms with van der Waals surface area (Å²) in [5.74, 6) is 0. The third-order valence-corrected chi connectivity index (χ3v) is 3.53. The summed E-state index contributed by atoms with van der Waals surface area (Å²) in [6, 6.07) is 17.3. The molecule has 76 valence electrons.